The third-order valence-electron chi connectivity index (χ3n) is 6.78. The molecule has 4 aromatic rings. The second kappa shape index (κ2) is 8.20. The van der Waals surface area contributed by atoms with Crippen molar-refractivity contribution in [2.75, 3.05) is 18.1 Å². The number of benzene rings is 3. The van der Waals surface area contributed by atoms with Crippen LogP contribution in [0.3, 0.4) is 0 Å². The molecule has 1 N–H and O–H groups in total. The molecule has 1 atom stereocenters. The smallest absolute Gasteiger partial charge is 0.291 e. The van der Waals surface area contributed by atoms with Gasteiger partial charge in [-0.05, 0) is 42.0 Å². The number of hydrogen-bond acceptors (Lipinski definition) is 5. The van der Waals surface area contributed by atoms with Gasteiger partial charge in [-0.3, -0.25) is 14.4 Å². The lowest BCUT2D eigenvalue weighted by Gasteiger charge is -2.33. The van der Waals surface area contributed by atoms with Crippen LogP contribution in [0, 0.1) is 0 Å². The summed E-state index contributed by atoms with van der Waals surface area (Å²) in [6.07, 6.45) is 0. The van der Waals surface area contributed by atoms with Crippen molar-refractivity contribution in [1.82, 2.24) is 4.90 Å². The average molecular weight is 521 g/mol. The molecule has 2 aliphatic rings. The number of carbonyl (C=O) groups excluding carboxylic acids is 2. The first kappa shape index (κ1) is 22.8. The molecule has 0 fully saturated rings. The molecule has 0 saturated heterocycles. The summed E-state index contributed by atoms with van der Waals surface area (Å²) in [4.78, 5) is 44.8. The second-order valence-electron chi connectivity index (χ2n) is 8.70. The Morgan fingerprint density at radius 2 is 1.64 bits per heavy atom. The van der Waals surface area contributed by atoms with Crippen LogP contribution in [-0.2, 0) is 16.9 Å². The standard InChI is InChI=1S/C27H18Cl2N2O5/c28-16-7-5-15(6-8-16)14-30-20-4-2-1-3-19(20)27(26(30)35)22-23(33)18-13-17(29)9-10-21(18)36-24(22)25(34)31(27)11-12-32/h1-10,13,32H,11-12,14H2. The number of aliphatic hydroxyl groups is 1. The first-order chi connectivity index (χ1) is 17.4. The van der Waals surface area contributed by atoms with Crippen molar-refractivity contribution in [3.8, 4) is 0 Å². The van der Waals surface area contributed by atoms with E-state index < -0.39 is 29.4 Å². The predicted molar refractivity (Wildman–Crippen MR) is 135 cm³/mol. The lowest BCUT2D eigenvalue weighted by Crippen LogP contribution is -2.54. The van der Waals surface area contributed by atoms with E-state index >= 15 is 0 Å². The maximum absolute atomic E-state index is 14.4. The summed E-state index contributed by atoms with van der Waals surface area (Å²) < 4.78 is 5.93. The van der Waals surface area contributed by atoms with Crippen LogP contribution in [0.25, 0.3) is 11.0 Å². The van der Waals surface area contributed by atoms with Gasteiger partial charge in [-0.25, -0.2) is 0 Å². The van der Waals surface area contributed by atoms with Gasteiger partial charge in [-0.1, -0.05) is 53.5 Å². The van der Waals surface area contributed by atoms with E-state index in [2.05, 4.69) is 0 Å². The molecule has 7 nitrogen and oxygen atoms in total. The van der Waals surface area contributed by atoms with Gasteiger partial charge < -0.3 is 19.3 Å². The average Bonchev–Trinajstić information content (AvgIpc) is 3.26. The largest absolute Gasteiger partial charge is 0.450 e. The predicted octanol–water partition coefficient (Wildman–Crippen LogP) is 4.34. The topological polar surface area (TPSA) is 91.1 Å². The molecule has 3 aromatic carbocycles. The van der Waals surface area contributed by atoms with Crippen LogP contribution in [0.5, 0.6) is 0 Å². The van der Waals surface area contributed by atoms with Crippen LogP contribution in [-0.4, -0.2) is 35.0 Å². The van der Waals surface area contributed by atoms with E-state index in [1.54, 1.807) is 47.4 Å². The summed E-state index contributed by atoms with van der Waals surface area (Å²) in [5.74, 6) is -1.32. The van der Waals surface area contributed by atoms with Gasteiger partial charge in [0.25, 0.3) is 11.8 Å². The Labute approximate surface area is 215 Å². The highest BCUT2D eigenvalue weighted by molar-refractivity contribution is 6.31. The van der Waals surface area contributed by atoms with Crippen LogP contribution < -0.4 is 10.3 Å². The lowest BCUT2D eigenvalue weighted by atomic mass is 9.84. The third-order valence-corrected chi connectivity index (χ3v) is 7.26. The monoisotopic (exact) mass is 520 g/mol. The lowest BCUT2D eigenvalue weighted by molar-refractivity contribution is -0.126. The quantitative estimate of drug-likeness (QED) is 0.432. The van der Waals surface area contributed by atoms with Crippen molar-refractivity contribution in [2.45, 2.75) is 12.1 Å². The van der Waals surface area contributed by atoms with Gasteiger partial charge in [0.1, 0.15) is 5.58 Å². The minimum absolute atomic E-state index is 0.0632. The number of β-amino-alcohol motifs (C(OH)–C–C–N with tert-alkyl or cyclic N) is 1. The second-order valence-corrected chi connectivity index (χ2v) is 9.57. The van der Waals surface area contributed by atoms with E-state index in [1.807, 2.05) is 12.1 Å². The van der Waals surface area contributed by atoms with E-state index in [1.165, 1.54) is 17.0 Å². The Morgan fingerprint density at radius 1 is 0.917 bits per heavy atom. The van der Waals surface area contributed by atoms with Crippen LogP contribution >= 0.6 is 23.2 Å². The van der Waals surface area contributed by atoms with Crippen molar-refractivity contribution in [2.24, 2.45) is 0 Å². The van der Waals surface area contributed by atoms with Gasteiger partial charge in [0, 0.05) is 22.2 Å². The molecule has 0 bridgehead atoms. The maximum atomic E-state index is 14.4. The van der Waals surface area contributed by atoms with Gasteiger partial charge in [-0.15, -0.1) is 0 Å². The van der Waals surface area contributed by atoms with Crippen molar-refractivity contribution in [3.63, 3.8) is 0 Å². The van der Waals surface area contributed by atoms with Gasteiger partial charge in [0.05, 0.1) is 29.8 Å². The van der Waals surface area contributed by atoms with Crippen molar-refractivity contribution < 1.29 is 19.1 Å². The van der Waals surface area contributed by atoms with Crippen LogP contribution in [0.4, 0.5) is 5.69 Å². The Morgan fingerprint density at radius 3 is 2.39 bits per heavy atom. The molecule has 2 aliphatic heterocycles. The molecule has 0 aliphatic carbocycles. The van der Waals surface area contributed by atoms with E-state index in [0.29, 0.717) is 21.3 Å². The minimum Gasteiger partial charge on any atom is -0.450 e. The first-order valence-electron chi connectivity index (χ1n) is 11.2. The molecule has 1 unspecified atom stereocenters. The molecule has 6 rings (SSSR count). The third kappa shape index (κ3) is 3.00. The molecule has 0 saturated carbocycles. The number of halogens is 2. The SMILES string of the molecule is O=C1c2oc3ccc(Cl)cc3c(=O)c2C2(C(=O)N(Cc3ccc(Cl)cc3)c3ccccc32)N1CCO. The summed E-state index contributed by atoms with van der Waals surface area (Å²) >= 11 is 12.2. The molecule has 1 spiro atoms. The van der Waals surface area contributed by atoms with Crippen LogP contribution in [0.15, 0.2) is 75.9 Å². The molecular weight excluding hydrogens is 503 g/mol. The number of rotatable bonds is 4. The number of carbonyl (C=O) groups is 2. The Hall–Kier alpha value is -3.65. The fourth-order valence-corrected chi connectivity index (χ4v) is 5.59. The van der Waals surface area contributed by atoms with Gasteiger partial charge in [0.2, 0.25) is 5.76 Å². The fourth-order valence-electron chi connectivity index (χ4n) is 5.29. The molecule has 0 radical (unpaired) electrons. The Bertz CT molecular complexity index is 1630. The van der Waals surface area contributed by atoms with Gasteiger partial charge in [0.15, 0.2) is 11.0 Å². The summed E-state index contributed by atoms with van der Waals surface area (Å²) in [5, 5.41) is 10.9. The van der Waals surface area contributed by atoms with Crippen molar-refractivity contribution >= 4 is 51.7 Å². The molecular formula is C27H18Cl2N2O5. The zero-order valence-corrected chi connectivity index (χ0v) is 20.2. The highest BCUT2D eigenvalue weighted by Gasteiger charge is 2.64. The number of nitrogens with zero attached hydrogens (tertiary/aromatic N) is 2. The van der Waals surface area contributed by atoms with E-state index in [9.17, 15) is 19.5 Å². The number of anilines is 1. The van der Waals surface area contributed by atoms with Crippen molar-refractivity contribution in [1.29, 1.82) is 0 Å². The molecule has 36 heavy (non-hydrogen) atoms. The zero-order valence-electron chi connectivity index (χ0n) is 18.7. The molecule has 2 amide bonds. The molecule has 1 aromatic heterocycles. The minimum atomic E-state index is -1.78. The van der Waals surface area contributed by atoms with Crippen molar-refractivity contribution in [3.05, 3.63) is 109 Å². The molecule has 180 valence electrons. The summed E-state index contributed by atoms with van der Waals surface area (Å²) in [7, 11) is 0. The Kier molecular flexibility index (Phi) is 5.19. The molecule has 3 heterocycles. The number of hydrogen-bond donors (Lipinski definition) is 1. The van der Waals surface area contributed by atoms with E-state index in [4.69, 9.17) is 27.6 Å². The number of aliphatic hydroxyl groups excluding tert-OH is 1. The first-order valence-corrected chi connectivity index (χ1v) is 12.0. The zero-order chi connectivity index (χ0) is 25.2. The highest BCUT2D eigenvalue weighted by Crippen LogP contribution is 2.52. The number of fused-ring (bicyclic) bond motifs is 5. The van der Waals surface area contributed by atoms with E-state index in [-0.39, 0.29) is 35.4 Å². The fraction of sp³-hybridized carbons (Fsp3) is 0.148. The van der Waals surface area contributed by atoms with Crippen LogP contribution in [0.1, 0.15) is 27.2 Å². The maximum Gasteiger partial charge on any atom is 0.291 e. The normalized spacial score (nSPS) is 18.4. The number of amides is 2. The summed E-state index contributed by atoms with van der Waals surface area (Å²) in [6.45, 7) is -0.391. The molecule has 9 heteroatoms. The summed E-state index contributed by atoms with van der Waals surface area (Å²) in [5.41, 5.74) is -0.324. The Balaban J connectivity index is 1.65. The van der Waals surface area contributed by atoms with Gasteiger partial charge in [-0.2, -0.15) is 0 Å². The number of para-hydroxylation sites is 1. The van der Waals surface area contributed by atoms with Gasteiger partial charge >= 0.3 is 0 Å². The summed E-state index contributed by atoms with van der Waals surface area (Å²) in [6, 6.07) is 18.7. The van der Waals surface area contributed by atoms with Crippen LogP contribution in [0.2, 0.25) is 10.0 Å². The van der Waals surface area contributed by atoms with E-state index in [0.717, 1.165) is 5.56 Å². The highest BCUT2D eigenvalue weighted by atomic mass is 35.5.